The summed E-state index contributed by atoms with van der Waals surface area (Å²) in [6, 6.07) is 0. The van der Waals surface area contributed by atoms with Crippen molar-refractivity contribution in [3.05, 3.63) is 35.2 Å². The van der Waals surface area contributed by atoms with Gasteiger partial charge in [-0.2, -0.15) is 0 Å². The van der Waals surface area contributed by atoms with Gasteiger partial charge in [-0.1, -0.05) is 51.2 Å². The van der Waals surface area contributed by atoms with E-state index < -0.39 is 0 Å². The first kappa shape index (κ1) is 19.9. The molecule has 1 heterocycles. The Kier molecular flexibility index (Phi) is 8.42. The number of rotatable bonds is 11. The molecule has 2 rings (SSSR count). The lowest BCUT2D eigenvalue weighted by Crippen LogP contribution is -2.39. The summed E-state index contributed by atoms with van der Waals surface area (Å²) < 4.78 is 5.16. The van der Waals surface area contributed by atoms with Gasteiger partial charge in [0.25, 0.3) is 0 Å². The van der Waals surface area contributed by atoms with Gasteiger partial charge in [-0.25, -0.2) is 0 Å². The molecule has 1 N–H and O–H groups in total. The van der Waals surface area contributed by atoms with Gasteiger partial charge in [0.2, 0.25) is 0 Å². The van der Waals surface area contributed by atoms with Crippen LogP contribution in [-0.4, -0.2) is 35.7 Å². The number of aliphatic hydroxyl groups excluding tert-OH is 1. The van der Waals surface area contributed by atoms with Crippen LogP contribution in [0.15, 0.2) is 35.2 Å². The Balaban J connectivity index is 2.06. The smallest absolute Gasteiger partial charge is 0.169 e. The Morgan fingerprint density at radius 2 is 2.00 bits per heavy atom. The van der Waals surface area contributed by atoms with E-state index in [2.05, 4.69) is 24.0 Å². The fourth-order valence-corrected chi connectivity index (χ4v) is 3.78. The lowest BCUT2D eigenvalue weighted by molar-refractivity contribution is -0.119. The van der Waals surface area contributed by atoms with E-state index in [0.717, 1.165) is 36.2 Å². The Hall–Kier alpha value is -1.39. The average molecular weight is 347 g/mol. The highest BCUT2D eigenvalue weighted by Crippen LogP contribution is 2.37. The maximum absolute atomic E-state index is 12.8. The van der Waals surface area contributed by atoms with Crippen molar-refractivity contribution in [3.63, 3.8) is 0 Å². The van der Waals surface area contributed by atoms with Crippen LogP contribution < -0.4 is 0 Å². The molecule has 4 heteroatoms. The van der Waals surface area contributed by atoms with Gasteiger partial charge in [-0.15, -0.1) is 0 Å². The van der Waals surface area contributed by atoms with Crippen molar-refractivity contribution < 1.29 is 14.6 Å². The second-order valence-corrected chi connectivity index (χ2v) is 6.95. The van der Waals surface area contributed by atoms with Gasteiger partial charge in [0.05, 0.1) is 12.5 Å². The minimum Gasteiger partial charge on any atom is -0.371 e. The molecule has 0 aromatic heterocycles. The van der Waals surface area contributed by atoms with E-state index >= 15 is 0 Å². The number of Topliss-reactive ketones (excluding diaryl/α,β-unsaturated/α-hetero) is 1. The monoisotopic (exact) mass is 347 g/mol. The molecule has 4 nitrogen and oxygen atoms in total. The Morgan fingerprint density at radius 1 is 1.24 bits per heavy atom. The molecule has 0 fully saturated rings. The molecule has 0 bridgehead atoms. The van der Waals surface area contributed by atoms with E-state index in [4.69, 9.17) is 9.84 Å². The average Bonchev–Trinajstić information content (AvgIpc) is 2.64. The largest absolute Gasteiger partial charge is 0.371 e. The minimum atomic E-state index is -0.259. The molecular weight excluding hydrogens is 314 g/mol. The first-order chi connectivity index (χ1) is 12.2. The molecule has 0 spiro atoms. The Labute approximate surface area is 152 Å². The van der Waals surface area contributed by atoms with E-state index in [-0.39, 0.29) is 18.5 Å². The zero-order chi connectivity index (χ0) is 18.1. The third kappa shape index (κ3) is 5.29. The molecule has 0 saturated heterocycles. The molecule has 0 saturated carbocycles. The Bertz CT molecular complexity index is 533. The van der Waals surface area contributed by atoms with Crippen LogP contribution in [-0.2, 0) is 9.53 Å². The molecule has 1 aliphatic carbocycles. The number of hydrogen-bond acceptors (Lipinski definition) is 4. The summed E-state index contributed by atoms with van der Waals surface area (Å²) in [5, 5.41) is 8.90. The maximum Gasteiger partial charge on any atom is 0.169 e. The minimum absolute atomic E-state index is 0.0487. The number of fused-ring (bicyclic) bond motifs is 1. The molecular formula is C21H33NO3. The standard InChI is InChI=1S/C21H33NO3/c1-3-4-5-6-7-8-12-19-17(2)21(24)18-11-9-10-13-20(18)22(19)14-15-25-16-23/h9-10,13,18,23H,3-8,11-12,14-16H2,1-2H3. The highest BCUT2D eigenvalue weighted by atomic mass is 16.6. The highest BCUT2D eigenvalue weighted by Gasteiger charge is 2.35. The number of carbonyl (C=O) groups is 1. The molecule has 1 atom stereocenters. The van der Waals surface area contributed by atoms with Crippen molar-refractivity contribution in [2.45, 2.75) is 65.2 Å². The van der Waals surface area contributed by atoms with Gasteiger partial charge < -0.3 is 14.7 Å². The van der Waals surface area contributed by atoms with E-state index in [1.807, 2.05) is 13.0 Å². The summed E-state index contributed by atoms with van der Waals surface area (Å²) in [4.78, 5) is 15.1. The second-order valence-electron chi connectivity index (χ2n) is 6.95. The van der Waals surface area contributed by atoms with Crippen molar-refractivity contribution in [2.75, 3.05) is 19.9 Å². The van der Waals surface area contributed by atoms with Crippen molar-refractivity contribution in [1.29, 1.82) is 0 Å². The number of unbranched alkanes of at least 4 members (excludes halogenated alkanes) is 5. The second kappa shape index (κ2) is 10.6. The SMILES string of the molecule is CCCCCCCCC1=C(C)C(=O)C2CC=CC=C2N1CCOCO. The molecule has 0 amide bonds. The van der Waals surface area contributed by atoms with Crippen molar-refractivity contribution in [1.82, 2.24) is 4.90 Å². The molecule has 140 valence electrons. The van der Waals surface area contributed by atoms with Crippen LogP contribution in [0.3, 0.4) is 0 Å². The number of nitrogens with zero attached hydrogens (tertiary/aromatic N) is 1. The maximum atomic E-state index is 12.8. The number of allylic oxidation sites excluding steroid dienone is 6. The van der Waals surface area contributed by atoms with Crippen LogP contribution >= 0.6 is 0 Å². The third-order valence-electron chi connectivity index (χ3n) is 5.21. The van der Waals surface area contributed by atoms with Crippen LogP contribution in [0.4, 0.5) is 0 Å². The number of ketones is 1. The van der Waals surface area contributed by atoms with Gasteiger partial charge in [-0.3, -0.25) is 4.79 Å². The lowest BCUT2D eigenvalue weighted by atomic mass is 9.83. The predicted molar refractivity (Wildman–Crippen MR) is 101 cm³/mol. The van der Waals surface area contributed by atoms with Gasteiger partial charge in [0.1, 0.15) is 6.79 Å². The summed E-state index contributed by atoms with van der Waals surface area (Å²) in [6.07, 6.45) is 15.4. The van der Waals surface area contributed by atoms with Gasteiger partial charge in [-0.05, 0) is 32.3 Å². The summed E-state index contributed by atoms with van der Waals surface area (Å²) in [5.41, 5.74) is 3.16. The van der Waals surface area contributed by atoms with Crippen LogP contribution in [0.1, 0.15) is 65.2 Å². The molecule has 0 aromatic carbocycles. The van der Waals surface area contributed by atoms with Gasteiger partial charge in [0, 0.05) is 23.5 Å². The van der Waals surface area contributed by atoms with E-state index in [9.17, 15) is 4.79 Å². The number of hydrogen-bond donors (Lipinski definition) is 1. The first-order valence-electron chi connectivity index (χ1n) is 9.77. The summed E-state index contributed by atoms with van der Waals surface area (Å²) in [5.74, 6) is 0.225. The third-order valence-corrected chi connectivity index (χ3v) is 5.21. The van der Waals surface area contributed by atoms with E-state index in [0.29, 0.717) is 13.2 Å². The normalized spacial score (nSPS) is 20.1. The zero-order valence-corrected chi connectivity index (χ0v) is 15.8. The number of aliphatic hydroxyl groups is 1. The van der Waals surface area contributed by atoms with Gasteiger partial charge in [0.15, 0.2) is 5.78 Å². The van der Waals surface area contributed by atoms with Crippen LogP contribution in [0, 0.1) is 5.92 Å². The van der Waals surface area contributed by atoms with E-state index in [1.165, 1.54) is 32.1 Å². The zero-order valence-electron chi connectivity index (χ0n) is 15.8. The topological polar surface area (TPSA) is 49.8 Å². The van der Waals surface area contributed by atoms with Crippen molar-refractivity contribution >= 4 is 5.78 Å². The molecule has 0 radical (unpaired) electrons. The highest BCUT2D eigenvalue weighted by molar-refractivity contribution is 6.00. The molecule has 1 unspecified atom stereocenters. The molecule has 25 heavy (non-hydrogen) atoms. The van der Waals surface area contributed by atoms with Gasteiger partial charge >= 0.3 is 0 Å². The van der Waals surface area contributed by atoms with Crippen LogP contribution in [0.2, 0.25) is 0 Å². The van der Waals surface area contributed by atoms with Crippen molar-refractivity contribution in [2.24, 2.45) is 5.92 Å². The fourth-order valence-electron chi connectivity index (χ4n) is 3.78. The number of carbonyl (C=O) groups excluding carboxylic acids is 1. The predicted octanol–water partition coefficient (Wildman–Crippen LogP) is 4.32. The molecule has 0 aromatic rings. The lowest BCUT2D eigenvalue weighted by Gasteiger charge is -2.40. The summed E-state index contributed by atoms with van der Waals surface area (Å²) >= 11 is 0. The van der Waals surface area contributed by atoms with Crippen molar-refractivity contribution in [3.8, 4) is 0 Å². The molecule has 2 aliphatic rings. The summed E-state index contributed by atoms with van der Waals surface area (Å²) in [7, 11) is 0. The number of ether oxygens (including phenoxy) is 1. The summed E-state index contributed by atoms with van der Waals surface area (Å²) in [6.45, 7) is 5.10. The first-order valence-corrected chi connectivity index (χ1v) is 9.77. The van der Waals surface area contributed by atoms with Crippen LogP contribution in [0.25, 0.3) is 0 Å². The van der Waals surface area contributed by atoms with Crippen LogP contribution in [0.5, 0.6) is 0 Å². The molecule has 1 aliphatic heterocycles. The Morgan fingerprint density at radius 3 is 2.76 bits per heavy atom. The quantitative estimate of drug-likeness (QED) is 0.447. The van der Waals surface area contributed by atoms with E-state index in [1.54, 1.807) is 0 Å². The fraction of sp³-hybridized carbons (Fsp3) is 0.667.